The number of thioether (sulfide) groups is 1. The van der Waals surface area contributed by atoms with E-state index in [1.165, 1.54) is 4.88 Å². The van der Waals surface area contributed by atoms with Crippen molar-refractivity contribution >= 4 is 34.0 Å². The summed E-state index contributed by atoms with van der Waals surface area (Å²) in [6.45, 7) is 5.12. The molecule has 0 atom stereocenters. The van der Waals surface area contributed by atoms with Gasteiger partial charge in [-0.25, -0.2) is 9.97 Å². The van der Waals surface area contributed by atoms with Gasteiger partial charge in [0.05, 0.1) is 24.1 Å². The van der Waals surface area contributed by atoms with E-state index < -0.39 is 0 Å². The van der Waals surface area contributed by atoms with Gasteiger partial charge < -0.3 is 4.74 Å². The van der Waals surface area contributed by atoms with Gasteiger partial charge in [0.15, 0.2) is 5.16 Å². The predicted molar refractivity (Wildman–Crippen MR) is 135 cm³/mol. The van der Waals surface area contributed by atoms with E-state index in [-0.39, 0.29) is 5.56 Å². The highest BCUT2D eigenvalue weighted by Gasteiger charge is 2.14. The largest absolute Gasteiger partial charge is 0.379 e. The fourth-order valence-electron chi connectivity index (χ4n) is 3.96. The minimum atomic E-state index is 0.0411. The monoisotopic (exact) mass is 478 g/mol. The van der Waals surface area contributed by atoms with Crippen LogP contribution in [0, 0.1) is 0 Å². The van der Waals surface area contributed by atoms with Gasteiger partial charge in [-0.15, -0.1) is 11.3 Å². The normalized spacial score (nSPS) is 14.7. The highest BCUT2D eigenvalue weighted by molar-refractivity contribution is 7.98. The molecule has 0 spiro atoms. The summed E-state index contributed by atoms with van der Waals surface area (Å²) in [5, 5.41) is 2.47. The lowest BCUT2D eigenvalue weighted by Gasteiger charge is -2.26. The topological polar surface area (TPSA) is 60.2 Å². The molecule has 0 unspecified atom stereocenters. The van der Waals surface area contributed by atoms with E-state index in [0.29, 0.717) is 11.9 Å². The molecule has 0 amide bonds. The molecule has 0 saturated carbocycles. The second-order valence-electron chi connectivity index (χ2n) is 7.96. The minimum Gasteiger partial charge on any atom is -0.379 e. The molecular formula is C25H26N4O2S2. The van der Waals surface area contributed by atoms with Crippen molar-refractivity contribution in [2.75, 3.05) is 32.8 Å². The Morgan fingerprint density at radius 2 is 1.79 bits per heavy atom. The summed E-state index contributed by atoms with van der Waals surface area (Å²) in [4.78, 5) is 26.3. The quantitative estimate of drug-likeness (QED) is 0.274. The van der Waals surface area contributed by atoms with E-state index in [2.05, 4.69) is 22.0 Å². The fourth-order valence-corrected chi connectivity index (χ4v) is 5.92. The Labute approximate surface area is 201 Å². The number of hydrogen-bond donors (Lipinski definition) is 0. The SMILES string of the molecule is O=c1c2ccccc2nc(SCc2cnc(-c3ccccc3)s2)n1CCCN1CCOCC1. The van der Waals surface area contributed by atoms with Crippen molar-refractivity contribution in [3.63, 3.8) is 0 Å². The zero-order valence-corrected chi connectivity index (χ0v) is 20.0. The Balaban J connectivity index is 1.34. The molecule has 170 valence electrons. The van der Waals surface area contributed by atoms with E-state index in [9.17, 15) is 4.79 Å². The lowest BCUT2D eigenvalue weighted by molar-refractivity contribution is 0.0368. The number of hydrogen-bond acceptors (Lipinski definition) is 7. The predicted octanol–water partition coefficient (Wildman–Crippen LogP) is 4.53. The van der Waals surface area contributed by atoms with Crippen LogP contribution in [0.2, 0.25) is 0 Å². The Morgan fingerprint density at radius 1 is 1.00 bits per heavy atom. The van der Waals surface area contributed by atoms with Gasteiger partial charge in [-0.1, -0.05) is 54.2 Å². The van der Waals surface area contributed by atoms with Gasteiger partial charge in [0.1, 0.15) is 5.01 Å². The Kier molecular flexibility index (Phi) is 7.16. The first kappa shape index (κ1) is 22.3. The molecule has 0 radical (unpaired) electrons. The molecule has 0 aliphatic carbocycles. The molecule has 33 heavy (non-hydrogen) atoms. The van der Waals surface area contributed by atoms with Crippen LogP contribution in [-0.4, -0.2) is 52.3 Å². The first-order chi connectivity index (χ1) is 16.3. The molecule has 3 heterocycles. The highest BCUT2D eigenvalue weighted by Crippen LogP contribution is 2.29. The zero-order valence-electron chi connectivity index (χ0n) is 18.4. The lowest BCUT2D eigenvalue weighted by atomic mass is 10.2. The molecule has 2 aromatic heterocycles. The molecule has 2 aromatic carbocycles. The van der Waals surface area contributed by atoms with E-state index >= 15 is 0 Å². The smallest absolute Gasteiger partial charge is 0.262 e. The van der Waals surface area contributed by atoms with E-state index in [1.807, 2.05) is 53.2 Å². The summed E-state index contributed by atoms with van der Waals surface area (Å²) in [6.07, 6.45) is 2.84. The number of thiazole rings is 1. The highest BCUT2D eigenvalue weighted by atomic mass is 32.2. The van der Waals surface area contributed by atoms with Crippen LogP contribution in [0.25, 0.3) is 21.5 Å². The standard InChI is InChI=1S/C25H26N4O2S2/c30-24-21-9-4-5-10-22(21)27-25(29(24)12-6-11-28-13-15-31-16-14-28)32-18-20-17-26-23(33-20)19-7-2-1-3-8-19/h1-5,7-10,17H,6,11-16,18H2. The van der Waals surface area contributed by atoms with Gasteiger partial charge >= 0.3 is 0 Å². The molecule has 4 aromatic rings. The van der Waals surface area contributed by atoms with E-state index in [0.717, 1.165) is 66.3 Å². The summed E-state index contributed by atoms with van der Waals surface area (Å²) < 4.78 is 7.29. The van der Waals surface area contributed by atoms with Gasteiger partial charge in [0.25, 0.3) is 5.56 Å². The Morgan fingerprint density at radius 3 is 2.64 bits per heavy atom. The van der Waals surface area contributed by atoms with Crippen molar-refractivity contribution in [3.8, 4) is 10.6 Å². The molecule has 0 N–H and O–H groups in total. The van der Waals surface area contributed by atoms with Crippen LogP contribution >= 0.6 is 23.1 Å². The van der Waals surface area contributed by atoms with Gasteiger partial charge in [-0.05, 0) is 18.6 Å². The maximum absolute atomic E-state index is 13.3. The maximum atomic E-state index is 13.3. The summed E-state index contributed by atoms with van der Waals surface area (Å²) in [7, 11) is 0. The van der Waals surface area contributed by atoms with Crippen LogP contribution in [-0.2, 0) is 17.0 Å². The molecular weight excluding hydrogens is 452 g/mol. The maximum Gasteiger partial charge on any atom is 0.262 e. The minimum absolute atomic E-state index is 0.0411. The van der Waals surface area contributed by atoms with Crippen molar-refractivity contribution < 1.29 is 4.74 Å². The van der Waals surface area contributed by atoms with Crippen LogP contribution < -0.4 is 5.56 Å². The first-order valence-corrected chi connectivity index (χ1v) is 13.0. The van der Waals surface area contributed by atoms with Gasteiger partial charge in [0, 0.05) is 48.6 Å². The van der Waals surface area contributed by atoms with E-state index in [4.69, 9.17) is 9.72 Å². The van der Waals surface area contributed by atoms with Gasteiger partial charge in [-0.2, -0.15) is 0 Å². The number of morpholine rings is 1. The fraction of sp³-hybridized carbons (Fsp3) is 0.320. The number of nitrogens with zero attached hydrogens (tertiary/aromatic N) is 4. The van der Waals surface area contributed by atoms with Crippen LogP contribution in [0.1, 0.15) is 11.3 Å². The van der Waals surface area contributed by atoms with Crippen molar-refractivity contribution in [1.82, 2.24) is 19.4 Å². The average Bonchev–Trinajstić information content (AvgIpc) is 3.35. The Bertz CT molecular complexity index is 1270. The van der Waals surface area contributed by atoms with Crippen molar-refractivity contribution in [2.24, 2.45) is 0 Å². The third-order valence-corrected chi connectivity index (χ3v) is 7.96. The number of fused-ring (bicyclic) bond motifs is 1. The van der Waals surface area contributed by atoms with Crippen molar-refractivity contribution in [1.29, 1.82) is 0 Å². The molecule has 1 fully saturated rings. The lowest BCUT2D eigenvalue weighted by Crippen LogP contribution is -2.37. The average molecular weight is 479 g/mol. The molecule has 0 bridgehead atoms. The number of ether oxygens (including phenoxy) is 1. The second kappa shape index (κ2) is 10.6. The molecule has 1 saturated heterocycles. The van der Waals surface area contributed by atoms with E-state index in [1.54, 1.807) is 23.1 Å². The van der Waals surface area contributed by atoms with Crippen molar-refractivity contribution in [3.05, 3.63) is 76.0 Å². The third kappa shape index (κ3) is 5.35. The van der Waals surface area contributed by atoms with Crippen LogP contribution in [0.4, 0.5) is 0 Å². The van der Waals surface area contributed by atoms with Gasteiger partial charge in [-0.3, -0.25) is 14.3 Å². The van der Waals surface area contributed by atoms with Crippen LogP contribution in [0.15, 0.2) is 70.7 Å². The Hall–Kier alpha value is -2.52. The van der Waals surface area contributed by atoms with Gasteiger partial charge in [0.2, 0.25) is 0 Å². The third-order valence-electron chi connectivity index (χ3n) is 5.70. The molecule has 8 heteroatoms. The van der Waals surface area contributed by atoms with Crippen molar-refractivity contribution in [2.45, 2.75) is 23.9 Å². The molecule has 6 nitrogen and oxygen atoms in total. The number of aromatic nitrogens is 3. The second-order valence-corrected chi connectivity index (χ2v) is 10.0. The summed E-state index contributed by atoms with van der Waals surface area (Å²) in [5.41, 5.74) is 1.92. The first-order valence-electron chi connectivity index (χ1n) is 11.2. The van der Waals surface area contributed by atoms with Crippen LogP contribution in [0.3, 0.4) is 0 Å². The summed E-state index contributed by atoms with van der Waals surface area (Å²) in [5.74, 6) is 0.735. The number of benzene rings is 2. The number of rotatable bonds is 8. The van der Waals surface area contributed by atoms with Crippen LogP contribution in [0.5, 0.6) is 0 Å². The molecule has 1 aliphatic rings. The molecule has 5 rings (SSSR count). The summed E-state index contributed by atoms with van der Waals surface area (Å²) in [6, 6.07) is 17.8. The molecule has 1 aliphatic heterocycles. The zero-order chi connectivity index (χ0) is 22.5. The number of para-hydroxylation sites is 1. The summed E-state index contributed by atoms with van der Waals surface area (Å²) >= 11 is 3.30.